The third kappa shape index (κ3) is 4.77. The number of piperidine rings is 1. The molecule has 0 aliphatic carbocycles. The quantitative estimate of drug-likeness (QED) is 0.291. The number of carbonyl (C=O) groups is 1. The minimum Gasteiger partial charge on any atom is -0.335 e. The molecule has 1 saturated heterocycles. The first kappa shape index (κ1) is 25.9. The Hall–Kier alpha value is -0.150. The van der Waals surface area contributed by atoms with Gasteiger partial charge in [0.1, 0.15) is 0 Å². The molecule has 0 spiro atoms. The molecule has 3 aliphatic rings. The molecule has 0 radical (unpaired) electrons. The molecule has 2 unspecified atom stereocenters. The predicted octanol–water partition coefficient (Wildman–Crippen LogP) is 7.38. The number of aromatic nitrogens is 1. The topological polar surface area (TPSA) is 25.2 Å². The van der Waals surface area contributed by atoms with E-state index in [4.69, 9.17) is 0 Å². The maximum atomic E-state index is 12.6. The fraction of sp³-hybridized carbons (Fsp3) is 0.609. The van der Waals surface area contributed by atoms with Gasteiger partial charge in [-0.15, -0.1) is 0 Å². The summed E-state index contributed by atoms with van der Waals surface area (Å²) < 4.78 is 2.31. The number of carbonyl (C=O) groups excluding carboxylic acids is 1. The van der Waals surface area contributed by atoms with E-state index in [2.05, 4.69) is 71.0 Å². The van der Waals surface area contributed by atoms with E-state index in [1.807, 2.05) is 41.5 Å². The summed E-state index contributed by atoms with van der Waals surface area (Å²) >= 11 is 4.24. The van der Waals surface area contributed by atoms with Gasteiger partial charge in [0.05, 0.1) is 12.6 Å². The standard InChI is InChI=1S/C17H18N2O.3C2H6.I2/c20-15-10-19-14-6-2-1-4-11(14)12-7-9-18-8-3-5-13(15)16(18)17(12)19;4*1-2/h1-2,4,6,13,16H,3,5,7-10H2;3*1-2H3;. The van der Waals surface area contributed by atoms with Crippen molar-refractivity contribution in [3.63, 3.8) is 0 Å². The molecule has 1 aromatic heterocycles. The van der Waals surface area contributed by atoms with E-state index in [9.17, 15) is 4.79 Å². The first-order chi connectivity index (χ1) is 13.8. The van der Waals surface area contributed by atoms with E-state index in [1.54, 1.807) is 0 Å². The van der Waals surface area contributed by atoms with Gasteiger partial charge >= 0.3 is 0 Å². The van der Waals surface area contributed by atoms with Gasteiger partial charge in [0.15, 0.2) is 5.78 Å². The lowest BCUT2D eigenvalue weighted by molar-refractivity contribution is -0.129. The Morgan fingerprint density at radius 2 is 1.61 bits per heavy atom. The van der Waals surface area contributed by atoms with Crippen LogP contribution in [-0.4, -0.2) is 28.3 Å². The molecule has 0 N–H and O–H groups in total. The van der Waals surface area contributed by atoms with Crippen molar-refractivity contribution < 1.29 is 4.79 Å². The molecular formula is C23H36I2N2O. The van der Waals surface area contributed by atoms with Gasteiger partial charge in [-0.1, -0.05) is 59.7 Å². The van der Waals surface area contributed by atoms with E-state index in [0.717, 1.165) is 25.9 Å². The Labute approximate surface area is 194 Å². The molecular weight excluding hydrogens is 574 g/mol. The molecule has 0 saturated carbocycles. The van der Waals surface area contributed by atoms with Crippen molar-refractivity contribution in [3.8, 4) is 0 Å². The Morgan fingerprint density at radius 3 is 2.29 bits per heavy atom. The van der Waals surface area contributed by atoms with Gasteiger partial charge in [-0.25, -0.2) is 0 Å². The Balaban J connectivity index is 0.000000442. The number of para-hydroxylation sites is 1. The summed E-state index contributed by atoms with van der Waals surface area (Å²) in [5, 5.41) is 1.38. The minimum atomic E-state index is 0.250. The Bertz CT molecular complexity index is 742. The lowest BCUT2D eigenvalue weighted by atomic mass is 9.78. The van der Waals surface area contributed by atoms with Crippen LogP contribution in [0.1, 0.15) is 71.7 Å². The summed E-state index contributed by atoms with van der Waals surface area (Å²) in [5.41, 5.74) is 4.24. The number of benzene rings is 1. The minimum absolute atomic E-state index is 0.250. The summed E-state index contributed by atoms with van der Waals surface area (Å²) in [4.78, 5) is 15.1. The van der Waals surface area contributed by atoms with Crippen LogP contribution in [0.15, 0.2) is 24.3 Å². The van der Waals surface area contributed by atoms with Crippen molar-refractivity contribution in [2.75, 3.05) is 13.1 Å². The molecule has 1 aromatic carbocycles. The predicted molar refractivity (Wildman–Crippen MR) is 140 cm³/mol. The zero-order valence-corrected chi connectivity index (χ0v) is 22.6. The van der Waals surface area contributed by atoms with Gasteiger partial charge in [-0.3, -0.25) is 9.69 Å². The zero-order valence-electron chi connectivity index (χ0n) is 18.3. The second kappa shape index (κ2) is 13.2. The molecule has 158 valence electrons. The van der Waals surface area contributed by atoms with Crippen LogP contribution in [0.25, 0.3) is 10.9 Å². The number of hydrogen-bond donors (Lipinski definition) is 0. The van der Waals surface area contributed by atoms with Crippen LogP contribution in [-0.2, 0) is 17.8 Å². The number of fused-ring (bicyclic) bond motifs is 3. The number of rotatable bonds is 0. The third-order valence-corrected chi connectivity index (χ3v) is 5.51. The number of hydrogen-bond acceptors (Lipinski definition) is 2. The third-order valence-electron chi connectivity index (χ3n) is 5.51. The molecule has 2 atom stereocenters. The van der Waals surface area contributed by atoms with E-state index in [-0.39, 0.29) is 5.92 Å². The second-order valence-corrected chi connectivity index (χ2v) is 6.41. The maximum Gasteiger partial charge on any atom is 0.157 e. The maximum absolute atomic E-state index is 12.6. The molecule has 3 nitrogen and oxygen atoms in total. The molecule has 0 bridgehead atoms. The van der Waals surface area contributed by atoms with Crippen molar-refractivity contribution in [1.29, 1.82) is 0 Å². The average Bonchev–Trinajstić information content (AvgIpc) is 3.13. The van der Waals surface area contributed by atoms with E-state index in [0.29, 0.717) is 18.4 Å². The smallest absolute Gasteiger partial charge is 0.157 e. The lowest BCUT2D eigenvalue weighted by Gasteiger charge is -2.46. The zero-order chi connectivity index (χ0) is 21.3. The molecule has 2 aromatic rings. The van der Waals surface area contributed by atoms with Gasteiger partial charge in [0.25, 0.3) is 0 Å². The molecule has 4 heterocycles. The summed E-state index contributed by atoms with van der Waals surface area (Å²) in [6, 6.07) is 8.98. The van der Waals surface area contributed by atoms with Crippen LogP contribution in [0.5, 0.6) is 0 Å². The fourth-order valence-corrected chi connectivity index (χ4v) is 4.71. The largest absolute Gasteiger partial charge is 0.335 e. The van der Waals surface area contributed by atoms with E-state index >= 15 is 0 Å². The molecule has 5 rings (SSSR count). The van der Waals surface area contributed by atoms with E-state index < -0.39 is 0 Å². The number of halogens is 2. The van der Waals surface area contributed by atoms with Crippen LogP contribution < -0.4 is 0 Å². The summed E-state index contributed by atoms with van der Waals surface area (Å²) in [6.07, 6.45) is 3.41. The number of ketones is 1. The second-order valence-electron chi connectivity index (χ2n) is 6.41. The molecule has 5 heteroatoms. The highest BCUT2D eigenvalue weighted by atomic mass is 128. The van der Waals surface area contributed by atoms with E-state index in [1.165, 1.54) is 28.6 Å². The SMILES string of the molecule is CC.CC.CC.II.O=C1Cn2c3c(c4ccccc42)CCN2CCCC1C32. The highest BCUT2D eigenvalue weighted by molar-refractivity contribution is 15.0. The first-order valence-corrected chi connectivity index (χ1v) is 17.1. The molecule has 1 fully saturated rings. The molecule has 3 aliphatic heterocycles. The average molecular weight is 610 g/mol. The normalized spacial score (nSPS) is 21.4. The summed E-state index contributed by atoms with van der Waals surface area (Å²) in [6.45, 7) is 14.9. The van der Waals surface area contributed by atoms with Gasteiger partial charge in [-0.05, 0) is 37.4 Å². The summed E-state index contributed by atoms with van der Waals surface area (Å²) in [7, 11) is 0. The van der Waals surface area contributed by atoms with Crippen molar-refractivity contribution in [1.82, 2.24) is 9.47 Å². The van der Waals surface area contributed by atoms with Gasteiger partial charge in [0, 0.05) is 66.3 Å². The Kier molecular flexibility index (Phi) is 12.2. The monoisotopic (exact) mass is 610 g/mol. The number of Topliss-reactive ketones (excluding diaryl/α,β-unsaturated/α-hetero) is 1. The van der Waals surface area contributed by atoms with Crippen molar-refractivity contribution in [2.24, 2.45) is 5.92 Å². The van der Waals surface area contributed by atoms with Crippen LogP contribution >= 0.6 is 37.2 Å². The van der Waals surface area contributed by atoms with Crippen LogP contribution in [0, 0.1) is 5.92 Å². The highest BCUT2D eigenvalue weighted by Crippen LogP contribution is 2.47. The van der Waals surface area contributed by atoms with Crippen LogP contribution in [0.3, 0.4) is 0 Å². The van der Waals surface area contributed by atoms with Gasteiger partial charge in [-0.2, -0.15) is 0 Å². The van der Waals surface area contributed by atoms with Crippen molar-refractivity contribution in [2.45, 2.75) is 73.4 Å². The Morgan fingerprint density at radius 1 is 0.964 bits per heavy atom. The fourth-order valence-electron chi connectivity index (χ4n) is 4.71. The summed E-state index contributed by atoms with van der Waals surface area (Å²) in [5.74, 6) is 0.695. The van der Waals surface area contributed by atoms with Crippen LogP contribution in [0.2, 0.25) is 0 Å². The van der Waals surface area contributed by atoms with Crippen molar-refractivity contribution >= 4 is 53.9 Å². The van der Waals surface area contributed by atoms with Gasteiger partial charge in [0.2, 0.25) is 0 Å². The first-order valence-electron chi connectivity index (χ1n) is 10.9. The lowest BCUT2D eigenvalue weighted by Crippen LogP contribution is -2.49. The van der Waals surface area contributed by atoms with Gasteiger partial charge < -0.3 is 4.57 Å². The molecule has 28 heavy (non-hydrogen) atoms. The molecule has 0 amide bonds. The number of nitrogens with zero attached hydrogens (tertiary/aromatic N) is 2. The van der Waals surface area contributed by atoms with Crippen LogP contribution in [0.4, 0.5) is 0 Å². The highest BCUT2D eigenvalue weighted by Gasteiger charge is 2.45. The van der Waals surface area contributed by atoms with Crippen molar-refractivity contribution in [3.05, 3.63) is 35.5 Å².